The van der Waals surface area contributed by atoms with Crippen molar-refractivity contribution in [2.75, 3.05) is 19.6 Å². The van der Waals surface area contributed by atoms with E-state index in [0.717, 1.165) is 24.9 Å². The smallest absolute Gasteiger partial charge is 0.227 e. The maximum atomic E-state index is 13.2. The first-order valence-corrected chi connectivity index (χ1v) is 10.2. The van der Waals surface area contributed by atoms with Crippen LogP contribution in [0.2, 0.25) is 0 Å². The summed E-state index contributed by atoms with van der Waals surface area (Å²) in [6, 6.07) is 14.1. The second kappa shape index (κ2) is 10.0. The van der Waals surface area contributed by atoms with Crippen LogP contribution in [0.4, 0.5) is 0 Å². The van der Waals surface area contributed by atoms with E-state index in [1.807, 2.05) is 46.3 Å². The lowest BCUT2D eigenvalue weighted by Gasteiger charge is -2.35. The van der Waals surface area contributed by atoms with Crippen molar-refractivity contribution in [2.24, 2.45) is 5.92 Å². The minimum atomic E-state index is -0.114. The molecule has 2 amide bonds. The van der Waals surface area contributed by atoms with Gasteiger partial charge in [0.05, 0.1) is 5.92 Å². The third-order valence-electron chi connectivity index (χ3n) is 5.26. The maximum Gasteiger partial charge on any atom is 0.227 e. The van der Waals surface area contributed by atoms with Gasteiger partial charge in [-0.25, -0.2) is 0 Å². The molecule has 1 atom stereocenters. The number of aromatic nitrogens is 1. The number of carbonyl (C=O) groups excluding carboxylic acids is 2. The van der Waals surface area contributed by atoms with Gasteiger partial charge in [-0.05, 0) is 36.5 Å². The summed E-state index contributed by atoms with van der Waals surface area (Å²) < 4.78 is 0. The number of carbonyl (C=O) groups is 2. The lowest BCUT2D eigenvalue weighted by molar-refractivity contribution is -0.143. The number of nitrogens with zero attached hydrogens (tertiary/aromatic N) is 3. The van der Waals surface area contributed by atoms with Crippen molar-refractivity contribution in [2.45, 2.75) is 39.2 Å². The van der Waals surface area contributed by atoms with Gasteiger partial charge in [0.25, 0.3) is 0 Å². The molecule has 5 heteroatoms. The highest BCUT2D eigenvalue weighted by Gasteiger charge is 2.32. The molecule has 2 aromatic rings. The third kappa shape index (κ3) is 5.41. The summed E-state index contributed by atoms with van der Waals surface area (Å²) in [5.41, 5.74) is 2.25. The van der Waals surface area contributed by atoms with Crippen LogP contribution >= 0.6 is 0 Å². The first kappa shape index (κ1) is 20.1. The molecular weight excluding hydrogens is 350 g/mol. The van der Waals surface area contributed by atoms with Crippen LogP contribution < -0.4 is 0 Å². The predicted molar refractivity (Wildman–Crippen MR) is 109 cm³/mol. The Labute approximate surface area is 167 Å². The molecule has 1 aliphatic rings. The van der Waals surface area contributed by atoms with Crippen molar-refractivity contribution in [1.29, 1.82) is 0 Å². The van der Waals surface area contributed by atoms with E-state index >= 15 is 0 Å². The highest BCUT2D eigenvalue weighted by molar-refractivity contribution is 5.84. The summed E-state index contributed by atoms with van der Waals surface area (Å²) in [5, 5.41) is 0. The highest BCUT2D eigenvalue weighted by Crippen LogP contribution is 2.21. The zero-order valence-electron chi connectivity index (χ0n) is 16.6. The van der Waals surface area contributed by atoms with Crippen LogP contribution in [-0.2, 0) is 22.6 Å². The first-order valence-electron chi connectivity index (χ1n) is 10.2. The van der Waals surface area contributed by atoms with Gasteiger partial charge in [0.1, 0.15) is 0 Å². The van der Waals surface area contributed by atoms with Gasteiger partial charge < -0.3 is 9.80 Å². The van der Waals surface area contributed by atoms with Crippen molar-refractivity contribution in [3.05, 3.63) is 66.0 Å². The number of rotatable bonds is 8. The van der Waals surface area contributed by atoms with E-state index in [0.29, 0.717) is 32.5 Å². The SMILES string of the molecule is CCCN(Cc1cccnc1)C(=O)C1CCC(=O)N(CCc2ccccc2)C1. The van der Waals surface area contributed by atoms with Gasteiger partial charge in [-0.3, -0.25) is 14.6 Å². The summed E-state index contributed by atoms with van der Waals surface area (Å²) in [7, 11) is 0. The molecule has 1 saturated heterocycles. The average molecular weight is 380 g/mol. The maximum absolute atomic E-state index is 13.2. The fourth-order valence-electron chi connectivity index (χ4n) is 3.75. The number of amides is 2. The van der Waals surface area contributed by atoms with Gasteiger partial charge in [0.15, 0.2) is 0 Å². The van der Waals surface area contributed by atoms with Crippen LogP contribution in [0, 0.1) is 5.92 Å². The topological polar surface area (TPSA) is 53.5 Å². The normalized spacial score (nSPS) is 16.8. The molecule has 2 heterocycles. The Balaban J connectivity index is 1.61. The van der Waals surface area contributed by atoms with Crippen LogP contribution in [0.15, 0.2) is 54.9 Å². The van der Waals surface area contributed by atoms with Gasteiger partial charge in [-0.1, -0.05) is 43.3 Å². The molecular formula is C23H29N3O2. The van der Waals surface area contributed by atoms with Gasteiger partial charge in [-0.2, -0.15) is 0 Å². The minimum absolute atomic E-state index is 0.114. The molecule has 1 aromatic heterocycles. The Morgan fingerprint density at radius 2 is 1.96 bits per heavy atom. The Morgan fingerprint density at radius 1 is 1.18 bits per heavy atom. The molecule has 0 spiro atoms. The number of hydrogen-bond donors (Lipinski definition) is 0. The van der Waals surface area contributed by atoms with Gasteiger partial charge in [0.2, 0.25) is 11.8 Å². The number of likely N-dealkylation sites (tertiary alicyclic amines) is 1. The van der Waals surface area contributed by atoms with Gasteiger partial charge in [-0.15, -0.1) is 0 Å². The Morgan fingerprint density at radius 3 is 2.68 bits per heavy atom. The average Bonchev–Trinajstić information content (AvgIpc) is 2.74. The number of hydrogen-bond acceptors (Lipinski definition) is 3. The fourth-order valence-corrected chi connectivity index (χ4v) is 3.75. The summed E-state index contributed by atoms with van der Waals surface area (Å²) in [6.07, 6.45) is 6.39. The van der Waals surface area contributed by atoms with E-state index in [1.165, 1.54) is 5.56 Å². The highest BCUT2D eigenvalue weighted by atomic mass is 16.2. The van der Waals surface area contributed by atoms with Crippen molar-refractivity contribution in [3.8, 4) is 0 Å². The number of piperidine rings is 1. The summed E-state index contributed by atoms with van der Waals surface area (Å²) in [6.45, 7) is 4.58. The quantitative estimate of drug-likeness (QED) is 0.707. The summed E-state index contributed by atoms with van der Waals surface area (Å²) in [4.78, 5) is 33.5. The van der Waals surface area contributed by atoms with E-state index < -0.39 is 0 Å². The van der Waals surface area contributed by atoms with E-state index in [9.17, 15) is 9.59 Å². The number of benzene rings is 1. The van der Waals surface area contributed by atoms with Crippen LogP contribution in [0.3, 0.4) is 0 Å². The molecule has 0 aliphatic carbocycles. The molecule has 28 heavy (non-hydrogen) atoms. The molecule has 1 fully saturated rings. The second-order valence-electron chi connectivity index (χ2n) is 7.43. The molecule has 148 valence electrons. The van der Waals surface area contributed by atoms with Crippen LogP contribution in [0.1, 0.15) is 37.3 Å². The lowest BCUT2D eigenvalue weighted by atomic mass is 9.95. The van der Waals surface area contributed by atoms with Crippen molar-refractivity contribution >= 4 is 11.8 Å². The van der Waals surface area contributed by atoms with Crippen LogP contribution in [-0.4, -0.2) is 46.2 Å². The van der Waals surface area contributed by atoms with E-state index in [-0.39, 0.29) is 17.7 Å². The predicted octanol–water partition coefficient (Wildman–Crippen LogP) is 3.30. The Kier molecular flexibility index (Phi) is 7.18. The zero-order valence-corrected chi connectivity index (χ0v) is 16.6. The van der Waals surface area contributed by atoms with E-state index in [4.69, 9.17) is 0 Å². The zero-order chi connectivity index (χ0) is 19.8. The van der Waals surface area contributed by atoms with Crippen molar-refractivity contribution in [1.82, 2.24) is 14.8 Å². The molecule has 0 bridgehead atoms. The molecule has 1 aliphatic heterocycles. The molecule has 0 N–H and O–H groups in total. The second-order valence-corrected chi connectivity index (χ2v) is 7.43. The van der Waals surface area contributed by atoms with Crippen molar-refractivity contribution < 1.29 is 9.59 Å². The monoisotopic (exact) mass is 379 g/mol. The molecule has 1 unspecified atom stereocenters. The van der Waals surface area contributed by atoms with Crippen LogP contribution in [0.25, 0.3) is 0 Å². The molecule has 3 rings (SSSR count). The summed E-state index contributed by atoms with van der Waals surface area (Å²) >= 11 is 0. The Hall–Kier alpha value is -2.69. The van der Waals surface area contributed by atoms with E-state index in [2.05, 4.69) is 24.0 Å². The molecule has 0 radical (unpaired) electrons. The van der Waals surface area contributed by atoms with Gasteiger partial charge >= 0.3 is 0 Å². The third-order valence-corrected chi connectivity index (χ3v) is 5.26. The fraction of sp³-hybridized carbons (Fsp3) is 0.435. The Bertz CT molecular complexity index is 764. The first-order chi connectivity index (χ1) is 13.7. The lowest BCUT2D eigenvalue weighted by Crippen LogP contribution is -2.47. The molecule has 5 nitrogen and oxygen atoms in total. The van der Waals surface area contributed by atoms with E-state index in [1.54, 1.807) is 6.20 Å². The van der Waals surface area contributed by atoms with Crippen molar-refractivity contribution in [3.63, 3.8) is 0 Å². The standard InChI is InChI=1S/C23H29N3O2/c1-2-14-26(17-20-9-6-13-24-16-20)23(28)21-10-11-22(27)25(18-21)15-12-19-7-4-3-5-8-19/h3-9,13,16,21H,2,10-12,14-15,17-18H2,1H3. The molecule has 0 saturated carbocycles. The summed E-state index contributed by atoms with van der Waals surface area (Å²) in [5.74, 6) is 0.203. The largest absolute Gasteiger partial charge is 0.342 e. The van der Waals surface area contributed by atoms with Crippen LogP contribution in [0.5, 0.6) is 0 Å². The molecule has 1 aromatic carbocycles. The minimum Gasteiger partial charge on any atom is -0.342 e. The number of pyridine rings is 1. The van der Waals surface area contributed by atoms with Gasteiger partial charge in [0, 0.05) is 45.0 Å².